The first-order valence-corrected chi connectivity index (χ1v) is 32.9. The van der Waals surface area contributed by atoms with Crippen LogP contribution in [-0.4, -0.2) is 8.80 Å². The minimum absolute atomic E-state index is 0.835. The van der Waals surface area contributed by atoms with Gasteiger partial charge in [0.1, 0.15) is 11.2 Å². The van der Waals surface area contributed by atoms with Crippen molar-refractivity contribution in [3.63, 3.8) is 0 Å². The van der Waals surface area contributed by atoms with Gasteiger partial charge in [-0.3, -0.25) is 0 Å². The Balaban J connectivity index is 0.882. The zero-order chi connectivity index (χ0) is 62.7. The third-order valence-electron chi connectivity index (χ3n) is 20.3. The molecule has 0 amide bonds. The van der Waals surface area contributed by atoms with Crippen molar-refractivity contribution >= 4 is 154 Å². The zero-order valence-corrected chi connectivity index (χ0v) is 51.8. The molecule has 0 saturated heterocycles. The molecule has 446 valence electrons. The van der Waals surface area contributed by atoms with Crippen LogP contribution in [0, 0.1) is 0 Å². The van der Waals surface area contributed by atoms with Gasteiger partial charge >= 0.3 is 0 Å². The maximum Gasteiger partial charge on any atom is 0.159 e. The Bertz CT molecular complexity index is 6290. The van der Waals surface area contributed by atoms with Crippen molar-refractivity contribution in [1.82, 2.24) is 8.80 Å². The molecule has 0 fully saturated rings. The van der Waals surface area contributed by atoms with E-state index in [2.05, 4.69) is 346 Å². The number of rotatable bonds is 10. The van der Waals surface area contributed by atoms with E-state index in [0.717, 1.165) is 122 Å². The van der Waals surface area contributed by atoms with Gasteiger partial charge in [-0.05, 0) is 106 Å². The third kappa shape index (κ3) is 7.52. The smallest absolute Gasteiger partial charge is 0.159 e. The van der Waals surface area contributed by atoms with Crippen LogP contribution in [0.15, 0.2) is 336 Å². The quantitative estimate of drug-likeness (QED) is 0.137. The molecule has 0 saturated carbocycles. The first-order valence-electron chi connectivity index (χ1n) is 32.9. The summed E-state index contributed by atoms with van der Waals surface area (Å²) in [7, 11) is 0. The summed E-state index contributed by atoms with van der Waals surface area (Å²) in [6.45, 7) is 0. The first-order chi connectivity index (χ1) is 47.7. The summed E-state index contributed by atoms with van der Waals surface area (Å²) < 4.78 is 19.1. The van der Waals surface area contributed by atoms with Crippen LogP contribution in [0.25, 0.3) is 165 Å². The van der Waals surface area contributed by atoms with Crippen LogP contribution in [0.1, 0.15) is 0 Å². The van der Waals surface area contributed by atoms with Gasteiger partial charge in [-0.1, -0.05) is 255 Å². The topological polar surface area (TPSA) is 41.6 Å². The van der Waals surface area contributed by atoms with Gasteiger partial charge in [0.05, 0.1) is 44.5 Å². The molecule has 6 nitrogen and oxygen atoms in total. The van der Waals surface area contributed by atoms with E-state index in [1.165, 1.54) is 76.3 Å². The summed E-state index contributed by atoms with van der Waals surface area (Å²) in [4.78, 5) is 4.81. The SMILES string of the molecule is c1ccc(-c2cccc(N(c3ccc4c5cccc6c7c(-c8ccccc8)c8c(c(-c9ccccc9)c7n(c4c3)c56)c3cccc4c5ccc(N(c6cccc(-c7ccccc7)c6)c6cccc7c6oc6ccccc67)cc5n8c43)c3cccc4c3oc3ccccc34)c2)cc1. The van der Waals surface area contributed by atoms with Crippen molar-refractivity contribution in [2.45, 2.75) is 0 Å². The standard InChI is InChI=1S/C90H54N4O2/c1-5-23-55(24-6-1)59-31-17-33-61(51-59)91(75-43-21-39-71-67-35-13-15-45-79(67)95-89(71)75)63-47-49-65-69-37-19-41-73-83-82(58-29-11-4-12-30-58)88-84(81(57-27-9-3-10-28-57)87(83)93(85(69)73)77(65)53-63)74-42-20-38-70-66-50-48-64(54-78(66)94(88)86(70)74)92(62-34-18-32-60(52-62)56-25-7-2-8-26-56)76-44-22-40-72-68-36-14-16-46-80(68)96-90(72)76/h1-54H. The molecule has 0 radical (unpaired) electrons. The van der Waals surface area contributed by atoms with Gasteiger partial charge in [-0.25, -0.2) is 0 Å². The molecule has 6 heterocycles. The predicted octanol–water partition coefficient (Wildman–Crippen LogP) is 25.4. The normalized spacial score (nSPS) is 12.2. The molecule has 15 aromatic carbocycles. The average molecular weight is 1220 g/mol. The van der Waals surface area contributed by atoms with E-state index >= 15 is 0 Å². The monoisotopic (exact) mass is 1220 g/mol. The van der Waals surface area contributed by atoms with Crippen LogP contribution in [0.3, 0.4) is 0 Å². The van der Waals surface area contributed by atoms with E-state index in [1.54, 1.807) is 0 Å². The summed E-state index contributed by atoms with van der Waals surface area (Å²) in [5, 5.41) is 13.9. The molecule has 0 aliphatic rings. The fourth-order valence-electron chi connectivity index (χ4n) is 16.3. The van der Waals surface area contributed by atoms with E-state index in [1.807, 2.05) is 0 Å². The van der Waals surface area contributed by atoms with Crippen LogP contribution >= 0.6 is 0 Å². The summed E-state index contributed by atoms with van der Waals surface area (Å²) in [5.74, 6) is 0. The van der Waals surface area contributed by atoms with Gasteiger partial charge in [0.15, 0.2) is 11.2 Å². The third-order valence-corrected chi connectivity index (χ3v) is 20.3. The number of aromatic nitrogens is 2. The van der Waals surface area contributed by atoms with Crippen LogP contribution in [-0.2, 0) is 0 Å². The largest absolute Gasteiger partial charge is 0.454 e. The molecule has 6 heteroatoms. The molecule has 0 aliphatic heterocycles. The number of fused-ring (bicyclic) bond motifs is 18. The molecule has 21 aromatic rings. The van der Waals surface area contributed by atoms with Gasteiger partial charge in [0.2, 0.25) is 0 Å². The highest BCUT2D eigenvalue weighted by Gasteiger charge is 2.32. The number of para-hydroxylation sites is 6. The van der Waals surface area contributed by atoms with Gasteiger partial charge in [0.25, 0.3) is 0 Å². The second-order valence-corrected chi connectivity index (χ2v) is 25.4. The van der Waals surface area contributed by atoms with Crippen LogP contribution in [0.2, 0.25) is 0 Å². The number of nitrogens with zero attached hydrogens (tertiary/aromatic N) is 4. The highest BCUT2D eigenvalue weighted by Crippen LogP contribution is 2.56. The molecule has 0 aliphatic carbocycles. The van der Waals surface area contributed by atoms with Crippen LogP contribution in [0.5, 0.6) is 0 Å². The van der Waals surface area contributed by atoms with Gasteiger partial charge < -0.3 is 27.4 Å². The van der Waals surface area contributed by atoms with Crippen LogP contribution in [0.4, 0.5) is 34.1 Å². The van der Waals surface area contributed by atoms with Crippen molar-refractivity contribution in [2.24, 2.45) is 0 Å². The Morgan fingerprint density at radius 3 is 0.990 bits per heavy atom. The number of hydrogen-bond acceptors (Lipinski definition) is 4. The predicted molar refractivity (Wildman–Crippen MR) is 401 cm³/mol. The van der Waals surface area contributed by atoms with Crippen molar-refractivity contribution in [1.29, 1.82) is 0 Å². The van der Waals surface area contributed by atoms with Gasteiger partial charge in [-0.2, -0.15) is 0 Å². The van der Waals surface area contributed by atoms with E-state index in [9.17, 15) is 0 Å². The fourth-order valence-corrected chi connectivity index (χ4v) is 16.3. The maximum absolute atomic E-state index is 6.94. The number of benzene rings is 15. The molecule has 96 heavy (non-hydrogen) atoms. The Labute approximate surface area is 550 Å². The number of hydrogen-bond donors (Lipinski definition) is 0. The van der Waals surface area contributed by atoms with Crippen LogP contribution < -0.4 is 9.80 Å². The van der Waals surface area contributed by atoms with E-state index in [4.69, 9.17) is 8.83 Å². The summed E-state index contributed by atoms with van der Waals surface area (Å²) >= 11 is 0. The molecule has 0 N–H and O–H groups in total. The lowest BCUT2D eigenvalue weighted by atomic mass is 9.89. The van der Waals surface area contributed by atoms with Gasteiger partial charge in [0, 0.05) is 98.5 Å². The average Bonchev–Trinajstić information content (AvgIpc) is 1.49. The molecule has 0 atom stereocenters. The fraction of sp³-hybridized carbons (Fsp3) is 0. The van der Waals surface area contributed by atoms with Crippen molar-refractivity contribution < 1.29 is 8.83 Å². The highest BCUT2D eigenvalue weighted by molar-refractivity contribution is 6.38. The Kier molecular flexibility index (Phi) is 11.1. The second kappa shape index (κ2) is 20.3. The molecule has 6 aromatic heterocycles. The van der Waals surface area contributed by atoms with E-state index < -0.39 is 0 Å². The maximum atomic E-state index is 6.94. The lowest BCUT2D eigenvalue weighted by molar-refractivity contribution is 0.668. The molecular weight excluding hydrogens is 1170 g/mol. The number of anilines is 6. The van der Waals surface area contributed by atoms with Crippen molar-refractivity contribution in [3.05, 3.63) is 328 Å². The number of furan rings is 2. The first kappa shape index (κ1) is 52.7. The molecule has 21 rings (SSSR count). The van der Waals surface area contributed by atoms with Crippen molar-refractivity contribution in [3.8, 4) is 44.5 Å². The Morgan fingerprint density at radius 2 is 0.552 bits per heavy atom. The zero-order valence-electron chi connectivity index (χ0n) is 51.8. The minimum Gasteiger partial charge on any atom is -0.454 e. The van der Waals surface area contributed by atoms with E-state index in [0.29, 0.717) is 0 Å². The Hall–Kier alpha value is -12.9. The summed E-state index contributed by atoms with van der Waals surface area (Å²) in [6, 6.07) is 120. The lowest BCUT2D eigenvalue weighted by Crippen LogP contribution is -2.10. The molecule has 0 spiro atoms. The molecule has 0 unspecified atom stereocenters. The van der Waals surface area contributed by atoms with E-state index in [-0.39, 0.29) is 0 Å². The van der Waals surface area contributed by atoms with Crippen molar-refractivity contribution in [2.75, 3.05) is 9.80 Å². The Morgan fingerprint density at radius 1 is 0.219 bits per heavy atom. The lowest BCUT2D eigenvalue weighted by Gasteiger charge is -2.26. The summed E-state index contributed by atoms with van der Waals surface area (Å²) in [5.41, 5.74) is 25.6. The highest BCUT2D eigenvalue weighted by atomic mass is 16.3. The molecule has 0 bridgehead atoms. The molecular formula is C90H54N4O2. The minimum atomic E-state index is 0.835. The van der Waals surface area contributed by atoms with Gasteiger partial charge in [-0.15, -0.1) is 0 Å². The summed E-state index contributed by atoms with van der Waals surface area (Å²) in [6.07, 6.45) is 0. The second-order valence-electron chi connectivity index (χ2n) is 25.4.